The summed E-state index contributed by atoms with van der Waals surface area (Å²) in [4.78, 5) is 11.1. The van der Waals surface area contributed by atoms with Crippen LogP contribution in [0.2, 0.25) is 0 Å². The van der Waals surface area contributed by atoms with Crippen LogP contribution in [-0.2, 0) is 6.54 Å². The maximum Gasteiger partial charge on any atom is 0.107 e. The first kappa shape index (κ1) is 15.4. The summed E-state index contributed by atoms with van der Waals surface area (Å²) in [6.45, 7) is 8.05. The van der Waals surface area contributed by atoms with Crippen molar-refractivity contribution in [3.8, 4) is 0 Å². The van der Waals surface area contributed by atoms with E-state index in [2.05, 4.69) is 58.7 Å². The highest BCUT2D eigenvalue weighted by Gasteiger charge is 2.08. The van der Waals surface area contributed by atoms with Crippen LogP contribution in [0.1, 0.15) is 19.4 Å². The Morgan fingerprint density at radius 2 is 1.86 bits per heavy atom. The average molecular weight is 284 g/mol. The van der Waals surface area contributed by atoms with Gasteiger partial charge >= 0.3 is 0 Å². The quantitative estimate of drug-likeness (QED) is 0.738. The summed E-state index contributed by atoms with van der Waals surface area (Å²) in [5, 5.41) is 1.19. The second kappa shape index (κ2) is 6.68. The highest BCUT2D eigenvalue weighted by Crippen LogP contribution is 2.23. The highest BCUT2D eigenvalue weighted by molar-refractivity contribution is 6.02. The van der Waals surface area contributed by atoms with Crippen LogP contribution in [0.15, 0.2) is 30.7 Å². The number of fused-ring (bicyclic) bond motifs is 3. The van der Waals surface area contributed by atoms with Gasteiger partial charge in [0.15, 0.2) is 0 Å². The summed E-state index contributed by atoms with van der Waals surface area (Å²) >= 11 is 0. The SMILES string of the molecule is CC.Cc1ccc2ncc3ncn(CCN(C)C)c3c2c1. The minimum absolute atomic E-state index is 0.941. The van der Waals surface area contributed by atoms with Gasteiger partial charge in [0, 0.05) is 18.5 Å². The van der Waals surface area contributed by atoms with E-state index >= 15 is 0 Å². The van der Waals surface area contributed by atoms with Crippen LogP contribution in [0, 0.1) is 6.92 Å². The predicted octanol–water partition coefficient (Wildman–Crippen LogP) is 3.48. The first-order valence-corrected chi connectivity index (χ1v) is 7.50. The topological polar surface area (TPSA) is 34.0 Å². The molecule has 0 amide bonds. The second-order valence-electron chi connectivity index (χ2n) is 5.25. The van der Waals surface area contributed by atoms with Gasteiger partial charge in [0.05, 0.1) is 23.6 Å². The standard InChI is InChI=1S/C15H18N4.C2H6/c1-11-4-5-13-12(8-11)15-14(9-16-13)17-10-19(15)7-6-18(2)3;1-2/h4-5,8-10H,6-7H2,1-3H3;1-2H3. The van der Waals surface area contributed by atoms with Gasteiger partial charge in [-0.15, -0.1) is 0 Å². The molecule has 0 fully saturated rings. The fourth-order valence-corrected chi connectivity index (χ4v) is 2.35. The molecule has 0 aliphatic heterocycles. The Morgan fingerprint density at radius 1 is 1.10 bits per heavy atom. The fourth-order valence-electron chi connectivity index (χ4n) is 2.35. The van der Waals surface area contributed by atoms with E-state index in [0.29, 0.717) is 0 Å². The third-order valence-electron chi connectivity index (χ3n) is 3.39. The Labute approximate surface area is 126 Å². The van der Waals surface area contributed by atoms with Crippen molar-refractivity contribution >= 4 is 21.9 Å². The molecule has 3 aromatic rings. The zero-order chi connectivity index (χ0) is 15.4. The molecule has 2 aromatic heterocycles. The Hall–Kier alpha value is -1.94. The Kier molecular flexibility index (Phi) is 4.91. The molecule has 4 nitrogen and oxygen atoms in total. The van der Waals surface area contributed by atoms with E-state index < -0.39 is 0 Å². The van der Waals surface area contributed by atoms with E-state index in [1.807, 2.05) is 26.4 Å². The number of rotatable bonds is 3. The molecular weight excluding hydrogens is 260 g/mol. The minimum Gasteiger partial charge on any atom is -0.329 e. The van der Waals surface area contributed by atoms with Crippen molar-refractivity contribution < 1.29 is 0 Å². The molecule has 0 radical (unpaired) electrons. The zero-order valence-corrected chi connectivity index (χ0v) is 13.6. The lowest BCUT2D eigenvalue weighted by atomic mass is 10.1. The normalized spacial score (nSPS) is 11.0. The average Bonchev–Trinajstić information content (AvgIpc) is 2.90. The number of pyridine rings is 1. The second-order valence-corrected chi connectivity index (χ2v) is 5.25. The summed E-state index contributed by atoms with van der Waals surface area (Å²) in [6, 6.07) is 6.37. The minimum atomic E-state index is 0.941. The molecule has 112 valence electrons. The number of hydrogen-bond donors (Lipinski definition) is 0. The first-order valence-electron chi connectivity index (χ1n) is 7.50. The van der Waals surface area contributed by atoms with Crippen LogP contribution < -0.4 is 0 Å². The van der Waals surface area contributed by atoms with Gasteiger partial charge in [-0.25, -0.2) is 4.98 Å². The van der Waals surface area contributed by atoms with Crippen LogP contribution in [0.4, 0.5) is 0 Å². The van der Waals surface area contributed by atoms with Crippen LogP contribution in [0.25, 0.3) is 21.9 Å². The first-order chi connectivity index (χ1) is 10.1. The van der Waals surface area contributed by atoms with Gasteiger partial charge in [0.2, 0.25) is 0 Å². The van der Waals surface area contributed by atoms with E-state index in [4.69, 9.17) is 0 Å². The van der Waals surface area contributed by atoms with Crippen molar-refractivity contribution in [1.29, 1.82) is 0 Å². The Morgan fingerprint density at radius 3 is 2.57 bits per heavy atom. The van der Waals surface area contributed by atoms with Gasteiger partial charge in [-0.3, -0.25) is 4.98 Å². The lowest BCUT2D eigenvalue weighted by Gasteiger charge is -2.11. The number of imidazole rings is 1. The molecule has 1 aromatic carbocycles. The maximum atomic E-state index is 4.47. The van der Waals surface area contributed by atoms with Gasteiger partial charge in [-0.05, 0) is 33.2 Å². The smallest absolute Gasteiger partial charge is 0.107 e. The van der Waals surface area contributed by atoms with E-state index in [1.165, 1.54) is 16.5 Å². The largest absolute Gasteiger partial charge is 0.329 e. The van der Waals surface area contributed by atoms with Gasteiger partial charge in [-0.2, -0.15) is 0 Å². The molecule has 2 heterocycles. The molecular formula is C17H24N4. The number of aromatic nitrogens is 3. The van der Waals surface area contributed by atoms with Crippen LogP contribution in [0.3, 0.4) is 0 Å². The van der Waals surface area contributed by atoms with E-state index in [9.17, 15) is 0 Å². The lowest BCUT2D eigenvalue weighted by Crippen LogP contribution is -2.18. The molecule has 0 unspecified atom stereocenters. The Balaban J connectivity index is 0.000000774. The lowest BCUT2D eigenvalue weighted by molar-refractivity contribution is 0.386. The maximum absolute atomic E-state index is 4.47. The molecule has 0 saturated carbocycles. The van der Waals surface area contributed by atoms with E-state index in [-0.39, 0.29) is 0 Å². The van der Waals surface area contributed by atoms with Gasteiger partial charge in [0.1, 0.15) is 5.52 Å². The number of nitrogens with zero attached hydrogens (tertiary/aromatic N) is 4. The number of aryl methyl sites for hydroxylation is 1. The van der Waals surface area contributed by atoms with Crippen LogP contribution in [-0.4, -0.2) is 40.1 Å². The van der Waals surface area contributed by atoms with Crippen molar-refractivity contribution in [3.63, 3.8) is 0 Å². The van der Waals surface area contributed by atoms with Gasteiger partial charge < -0.3 is 9.47 Å². The van der Waals surface area contributed by atoms with Crippen molar-refractivity contribution in [2.24, 2.45) is 0 Å². The molecule has 0 bridgehead atoms. The summed E-state index contributed by atoms with van der Waals surface area (Å²) < 4.78 is 2.22. The molecule has 0 N–H and O–H groups in total. The number of benzene rings is 1. The zero-order valence-electron chi connectivity index (χ0n) is 13.6. The third-order valence-corrected chi connectivity index (χ3v) is 3.39. The molecule has 0 spiro atoms. The molecule has 0 atom stereocenters. The summed E-state index contributed by atoms with van der Waals surface area (Å²) in [6.07, 6.45) is 3.77. The van der Waals surface area contributed by atoms with Gasteiger partial charge in [0.25, 0.3) is 0 Å². The summed E-state index contributed by atoms with van der Waals surface area (Å²) in [5.74, 6) is 0. The van der Waals surface area contributed by atoms with E-state index in [0.717, 1.165) is 24.1 Å². The molecule has 0 aliphatic rings. The number of likely N-dealkylation sites (N-methyl/N-ethyl adjacent to an activating group) is 1. The van der Waals surface area contributed by atoms with Crippen molar-refractivity contribution in [1.82, 2.24) is 19.4 Å². The van der Waals surface area contributed by atoms with Crippen molar-refractivity contribution in [2.45, 2.75) is 27.3 Å². The van der Waals surface area contributed by atoms with Crippen molar-refractivity contribution in [2.75, 3.05) is 20.6 Å². The molecule has 4 heteroatoms. The highest BCUT2D eigenvalue weighted by atomic mass is 15.1. The Bertz CT molecular complexity index is 728. The molecule has 0 aliphatic carbocycles. The summed E-state index contributed by atoms with van der Waals surface area (Å²) in [7, 11) is 4.17. The molecule has 0 saturated heterocycles. The number of hydrogen-bond acceptors (Lipinski definition) is 3. The van der Waals surface area contributed by atoms with E-state index in [1.54, 1.807) is 0 Å². The third kappa shape index (κ3) is 3.22. The van der Waals surface area contributed by atoms with Gasteiger partial charge in [-0.1, -0.05) is 25.5 Å². The summed E-state index contributed by atoms with van der Waals surface area (Å²) in [5.41, 5.74) is 4.44. The van der Waals surface area contributed by atoms with Crippen LogP contribution in [0.5, 0.6) is 0 Å². The monoisotopic (exact) mass is 284 g/mol. The fraction of sp³-hybridized carbons (Fsp3) is 0.412. The molecule has 3 rings (SSSR count). The van der Waals surface area contributed by atoms with Crippen molar-refractivity contribution in [3.05, 3.63) is 36.3 Å². The predicted molar refractivity (Wildman–Crippen MR) is 89.7 cm³/mol. The van der Waals surface area contributed by atoms with Crippen LogP contribution >= 0.6 is 0 Å². The molecule has 21 heavy (non-hydrogen) atoms.